The van der Waals surface area contributed by atoms with Crippen molar-refractivity contribution in [1.82, 2.24) is 4.31 Å². The van der Waals surface area contributed by atoms with Crippen LogP contribution >= 0.6 is 0 Å². The summed E-state index contributed by atoms with van der Waals surface area (Å²) in [6.07, 6.45) is 1.71. The molecule has 1 heterocycles. The van der Waals surface area contributed by atoms with Gasteiger partial charge in [0.05, 0.1) is 4.90 Å². The first kappa shape index (κ1) is 18.4. The molecule has 0 saturated carbocycles. The third-order valence-electron chi connectivity index (χ3n) is 4.83. The van der Waals surface area contributed by atoms with E-state index in [1.54, 1.807) is 4.31 Å². The summed E-state index contributed by atoms with van der Waals surface area (Å²) in [7, 11) is -3.42. The predicted molar refractivity (Wildman–Crippen MR) is 95.2 cm³/mol. The lowest BCUT2D eigenvalue weighted by Gasteiger charge is -2.32. The monoisotopic (exact) mass is 338 g/mol. The smallest absolute Gasteiger partial charge is 0.243 e. The summed E-state index contributed by atoms with van der Waals surface area (Å²) >= 11 is 0. The van der Waals surface area contributed by atoms with E-state index in [1.165, 1.54) is 5.56 Å². The van der Waals surface area contributed by atoms with E-state index in [1.807, 2.05) is 26.0 Å². The van der Waals surface area contributed by atoms with Crippen LogP contribution < -0.4 is 5.73 Å². The normalized spacial score (nSPS) is 18.3. The second-order valence-corrected chi connectivity index (χ2v) is 9.65. The highest BCUT2D eigenvalue weighted by Crippen LogP contribution is 2.32. The summed E-state index contributed by atoms with van der Waals surface area (Å²) in [5.41, 5.74) is 8.58. The number of piperidine rings is 1. The van der Waals surface area contributed by atoms with E-state index in [2.05, 4.69) is 20.8 Å². The van der Waals surface area contributed by atoms with Crippen molar-refractivity contribution in [1.29, 1.82) is 0 Å². The first-order valence-electron chi connectivity index (χ1n) is 8.39. The molecule has 0 aliphatic carbocycles. The second-order valence-electron chi connectivity index (χ2n) is 7.77. The fourth-order valence-corrected chi connectivity index (χ4v) is 5.19. The number of hydrogen-bond donors (Lipinski definition) is 1. The molecular weight excluding hydrogens is 308 g/mol. The molecule has 1 aromatic rings. The van der Waals surface area contributed by atoms with Crippen LogP contribution in [0.1, 0.15) is 50.3 Å². The quantitative estimate of drug-likeness (QED) is 0.921. The third-order valence-corrected chi connectivity index (χ3v) is 7.04. The van der Waals surface area contributed by atoms with E-state index in [0.29, 0.717) is 30.4 Å². The highest BCUT2D eigenvalue weighted by molar-refractivity contribution is 7.89. The van der Waals surface area contributed by atoms with Gasteiger partial charge in [0, 0.05) is 13.1 Å². The van der Waals surface area contributed by atoms with E-state index in [-0.39, 0.29) is 5.41 Å². The van der Waals surface area contributed by atoms with Crippen molar-refractivity contribution in [2.24, 2.45) is 11.7 Å². The Hall–Kier alpha value is -0.910. The van der Waals surface area contributed by atoms with Crippen LogP contribution in [-0.4, -0.2) is 32.4 Å². The lowest BCUT2D eigenvalue weighted by atomic mass is 9.85. The van der Waals surface area contributed by atoms with Crippen molar-refractivity contribution < 1.29 is 8.42 Å². The van der Waals surface area contributed by atoms with Gasteiger partial charge in [-0.15, -0.1) is 0 Å². The lowest BCUT2D eigenvalue weighted by Crippen LogP contribution is -2.40. The zero-order chi connectivity index (χ0) is 17.4. The second kappa shape index (κ2) is 6.54. The van der Waals surface area contributed by atoms with Gasteiger partial charge in [0.1, 0.15) is 0 Å². The largest absolute Gasteiger partial charge is 0.330 e. The van der Waals surface area contributed by atoms with Crippen molar-refractivity contribution in [2.45, 2.75) is 57.8 Å². The van der Waals surface area contributed by atoms with Gasteiger partial charge in [-0.25, -0.2) is 8.42 Å². The highest BCUT2D eigenvalue weighted by Gasteiger charge is 2.31. The zero-order valence-electron chi connectivity index (χ0n) is 15.0. The van der Waals surface area contributed by atoms with Crippen LogP contribution in [0.5, 0.6) is 0 Å². The van der Waals surface area contributed by atoms with E-state index >= 15 is 0 Å². The van der Waals surface area contributed by atoms with E-state index in [9.17, 15) is 8.42 Å². The van der Waals surface area contributed by atoms with Gasteiger partial charge in [0.15, 0.2) is 0 Å². The Morgan fingerprint density at radius 2 is 1.61 bits per heavy atom. The molecule has 2 rings (SSSR count). The zero-order valence-corrected chi connectivity index (χ0v) is 15.8. The Bertz CT molecular complexity index is 644. The topological polar surface area (TPSA) is 63.4 Å². The highest BCUT2D eigenvalue weighted by atomic mass is 32.2. The minimum absolute atomic E-state index is 0.0112. The molecule has 0 aromatic heterocycles. The molecule has 0 amide bonds. The molecule has 1 aliphatic rings. The fraction of sp³-hybridized carbons (Fsp3) is 0.667. The van der Waals surface area contributed by atoms with Gasteiger partial charge >= 0.3 is 0 Å². The van der Waals surface area contributed by atoms with Gasteiger partial charge in [0.2, 0.25) is 10.0 Å². The van der Waals surface area contributed by atoms with E-state index in [4.69, 9.17) is 5.73 Å². The van der Waals surface area contributed by atoms with Gasteiger partial charge in [0.25, 0.3) is 0 Å². The van der Waals surface area contributed by atoms with Crippen LogP contribution in [0.4, 0.5) is 0 Å². The molecule has 0 atom stereocenters. The first-order chi connectivity index (χ1) is 10.6. The van der Waals surface area contributed by atoms with Crippen molar-refractivity contribution in [3.05, 3.63) is 28.8 Å². The Morgan fingerprint density at radius 3 is 2.00 bits per heavy atom. The Labute approximate surface area is 141 Å². The molecule has 1 aliphatic heterocycles. The van der Waals surface area contributed by atoms with Crippen molar-refractivity contribution in [2.75, 3.05) is 19.6 Å². The number of aryl methyl sites for hydroxylation is 2. The van der Waals surface area contributed by atoms with Gasteiger partial charge < -0.3 is 5.73 Å². The molecule has 0 spiro atoms. The average Bonchev–Trinajstić information content (AvgIpc) is 2.45. The summed E-state index contributed by atoms with van der Waals surface area (Å²) < 4.78 is 27.8. The molecule has 4 nitrogen and oxygen atoms in total. The summed E-state index contributed by atoms with van der Waals surface area (Å²) in [4.78, 5) is 0.483. The number of rotatable bonds is 3. The summed E-state index contributed by atoms with van der Waals surface area (Å²) in [6, 6.07) is 4.04. The number of benzene rings is 1. The average molecular weight is 339 g/mol. The third kappa shape index (κ3) is 3.78. The first-order valence-corrected chi connectivity index (χ1v) is 9.83. The maximum atomic E-state index is 13.1. The molecule has 5 heteroatoms. The minimum Gasteiger partial charge on any atom is -0.330 e. The standard InChI is InChI=1S/C18H30N2O2S/c1-13-10-16(18(3,4)5)11-14(2)17(13)23(21,22)20-8-6-15(12-19)7-9-20/h10-11,15H,6-9,12,19H2,1-5H3. The van der Waals surface area contributed by atoms with Crippen LogP contribution in [-0.2, 0) is 15.4 Å². The molecule has 1 fully saturated rings. The Kier molecular flexibility index (Phi) is 5.24. The lowest BCUT2D eigenvalue weighted by molar-refractivity contribution is 0.278. The SMILES string of the molecule is Cc1cc(C(C)(C)C)cc(C)c1S(=O)(=O)N1CCC(CN)CC1. The van der Waals surface area contributed by atoms with Gasteiger partial charge in [-0.1, -0.05) is 32.9 Å². The predicted octanol–water partition coefficient (Wildman–Crippen LogP) is 2.96. The van der Waals surface area contributed by atoms with Crippen LogP contribution in [0.2, 0.25) is 0 Å². The molecule has 2 N–H and O–H groups in total. The van der Waals surface area contributed by atoms with E-state index < -0.39 is 10.0 Å². The molecule has 0 unspecified atom stereocenters. The van der Waals surface area contributed by atoms with Crippen LogP contribution in [0, 0.1) is 19.8 Å². The van der Waals surface area contributed by atoms with Gasteiger partial charge in [-0.05, 0) is 61.3 Å². The van der Waals surface area contributed by atoms with Crippen molar-refractivity contribution in [3.8, 4) is 0 Å². The maximum absolute atomic E-state index is 13.1. The van der Waals surface area contributed by atoms with Crippen molar-refractivity contribution in [3.63, 3.8) is 0 Å². The Morgan fingerprint density at radius 1 is 1.13 bits per heavy atom. The molecule has 23 heavy (non-hydrogen) atoms. The van der Waals surface area contributed by atoms with Crippen LogP contribution in [0.25, 0.3) is 0 Å². The van der Waals surface area contributed by atoms with Crippen molar-refractivity contribution >= 4 is 10.0 Å². The Balaban J connectivity index is 2.38. The van der Waals surface area contributed by atoms with Gasteiger partial charge in [-0.2, -0.15) is 4.31 Å². The van der Waals surface area contributed by atoms with Crippen LogP contribution in [0.15, 0.2) is 17.0 Å². The molecule has 1 aromatic carbocycles. The number of nitrogens with zero attached hydrogens (tertiary/aromatic N) is 1. The number of hydrogen-bond acceptors (Lipinski definition) is 3. The minimum atomic E-state index is -3.42. The van der Waals surface area contributed by atoms with Crippen LogP contribution in [0.3, 0.4) is 0 Å². The molecule has 0 bridgehead atoms. The maximum Gasteiger partial charge on any atom is 0.243 e. The summed E-state index contributed by atoms with van der Waals surface area (Å²) in [6.45, 7) is 12.0. The summed E-state index contributed by atoms with van der Waals surface area (Å²) in [5, 5.41) is 0. The molecular formula is C18H30N2O2S. The number of sulfonamides is 1. The fourth-order valence-electron chi connectivity index (χ4n) is 3.30. The molecule has 1 saturated heterocycles. The van der Waals surface area contributed by atoms with E-state index in [0.717, 1.165) is 24.0 Å². The molecule has 0 radical (unpaired) electrons. The molecule has 130 valence electrons. The summed E-state index contributed by atoms with van der Waals surface area (Å²) in [5.74, 6) is 0.451. The van der Waals surface area contributed by atoms with Gasteiger partial charge in [-0.3, -0.25) is 0 Å². The number of nitrogens with two attached hydrogens (primary N) is 1.